The van der Waals surface area contributed by atoms with E-state index >= 15 is 0 Å². The number of halogens is 3. The molecule has 0 atom stereocenters. The van der Waals surface area contributed by atoms with Gasteiger partial charge in [0.15, 0.2) is 0 Å². The summed E-state index contributed by atoms with van der Waals surface area (Å²) in [6, 6.07) is 2.68. The molecule has 0 bridgehead atoms. The fraction of sp³-hybridized carbons (Fsp3) is 0.500. The number of urea groups is 1. The standard InChI is InChI=1S/C14H17F3N2O2/c1-2-21-12-6-5-10(14(15,16)17)9-11(12)18-13(20)19-7-3-4-8-19/h5-6,9H,2-4,7-8H2,1H3,(H,18,20). The lowest BCUT2D eigenvalue weighted by Crippen LogP contribution is -2.32. The maximum absolute atomic E-state index is 12.8. The van der Waals surface area contributed by atoms with E-state index in [0.29, 0.717) is 19.7 Å². The zero-order valence-electron chi connectivity index (χ0n) is 11.7. The molecule has 1 fully saturated rings. The fourth-order valence-electron chi connectivity index (χ4n) is 2.20. The van der Waals surface area contributed by atoms with Gasteiger partial charge < -0.3 is 15.0 Å². The zero-order valence-corrected chi connectivity index (χ0v) is 11.7. The van der Waals surface area contributed by atoms with Crippen molar-refractivity contribution in [2.75, 3.05) is 25.0 Å². The lowest BCUT2D eigenvalue weighted by atomic mass is 10.2. The number of hydrogen-bond acceptors (Lipinski definition) is 2. The minimum Gasteiger partial charge on any atom is -0.492 e. The third-order valence-corrected chi connectivity index (χ3v) is 3.24. The molecular formula is C14H17F3N2O2. The topological polar surface area (TPSA) is 41.6 Å². The van der Waals surface area contributed by atoms with Crippen molar-refractivity contribution in [2.24, 2.45) is 0 Å². The molecule has 0 saturated carbocycles. The predicted molar refractivity (Wildman–Crippen MR) is 72.4 cm³/mol. The highest BCUT2D eigenvalue weighted by molar-refractivity contribution is 5.91. The molecule has 0 aliphatic carbocycles. The van der Waals surface area contributed by atoms with E-state index < -0.39 is 17.8 Å². The van der Waals surface area contributed by atoms with Crippen molar-refractivity contribution < 1.29 is 22.7 Å². The predicted octanol–water partition coefficient (Wildman–Crippen LogP) is 3.73. The summed E-state index contributed by atoms with van der Waals surface area (Å²) in [5, 5.41) is 2.51. The SMILES string of the molecule is CCOc1ccc(C(F)(F)F)cc1NC(=O)N1CCCC1. The maximum atomic E-state index is 12.8. The van der Waals surface area contributed by atoms with E-state index in [9.17, 15) is 18.0 Å². The van der Waals surface area contributed by atoms with Crippen LogP contribution in [0.1, 0.15) is 25.3 Å². The lowest BCUT2D eigenvalue weighted by Gasteiger charge is -2.19. The van der Waals surface area contributed by atoms with Crippen LogP contribution in [0.2, 0.25) is 0 Å². The monoisotopic (exact) mass is 302 g/mol. The Morgan fingerprint density at radius 1 is 1.33 bits per heavy atom. The van der Waals surface area contributed by atoms with Gasteiger partial charge in [-0.05, 0) is 38.0 Å². The first-order valence-electron chi connectivity index (χ1n) is 6.82. The van der Waals surface area contributed by atoms with Crippen molar-refractivity contribution in [3.05, 3.63) is 23.8 Å². The van der Waals surface area contributed by atoms with Crippen LogP contribution in [0, 0.1) is 0 Å². The number of hydrogen-bond donors (Lipinski definition) is 1. The number of anilines is 1. The Labute approximate surface area is 120 Å². The van der Waals surface area contributed by atoms with Gasteiger partial charge in [-0.3, -0.25) is 0 Å². The molecule has 0 spiro atoms. The first-order chi connectivity index (χ1) is 9.91. The van der Waals surface area contributed by atoms with Gasteiger partial charge in [0.2, 0.25) is 0 Å². The van der Waals surface area contributed by atoms with Crippen molar-refractivity contribution in [1.29, 1.82) is 0 Å². The smallest absolute Gasteiger partial charge is 0.416 e. The summed E-state index contributed by atoms with van der Waals surface area (Å²) in [5.74, 6) is 0.234. The fourth-order valence-corrected chi connectivity index (χ4v) is 2.20. The third kappa shape index (κ3) is 3.80. The summed E-state index contributed by atoms with van der Waals surface area (Å²) in [4.78, 5) is 13.6. The van der Waals surface area contributed by atoms with Gasteiger partial charge in [0, 0.05) is 13.1 Å². The highest BCUT2D eigenvalue weighted by atomic mass is 19.4. The second-order valence-corrected chi connectivity index (χ2v) is 4.77. The summed E-state index contributed by atoms with van der Waals surface area (Å²) >= 11 is 0. The number of benzene rings is 1. The normalized spacial score (nSPS) is 15.1. The van der Waals surface area contributed by atoms with Crippen LogP contribution in [0.15, 0.2) is 18.2 Å². The summed E-state index contributed by atoms with van der Waals surface area (Å²) in [6.45, 7) is 3.27. The van der Waals surface area contributed by atoms with Crippen LogP contribution in [-0.2, 0) is 6.18 Å². The maximum Gasteiger partial charge on any atom is 0.416 e. The Morgan fingerprint density at radius 2 is 2.00 bits per heavy atom. The molecule has 1 saturated heterocycles. The van der Waals surface area contributed by atoms with Gasteiger partial charge in [0.05, 0.1) is 17.9 Å². The second-order valence-electron chi connectivity index (χ2n) is 4.77. The molecule has 1 N–H and O–H groups in total. The van der Waals surface area contributed by atoms with Crippen LogP contribution in [0.5, 0.6) is 5.75 Å². The summed E-state index contributed by atoms with van der Waals surface area (Å²) < 4.78 is 43.5. The van der Waals surface area contributed by atoms with Gasteiger partial charge in [-0.2, -0.15) is 13.2 Å². The quantitative estimate of drug-likeness (QED) is 0.924. The van der Waals surface area contributed by atoms with E-state index in [1.54, 1.807) is 11.8 Å². The molecule has 2 rings (SSSR count). The van der Waals surface area contributed by atoms with Gasteiger partial charge >= 0.3 is 12.2 Å². The van der Waals surface area contributed by atoms with Gasteiger partial charge in [0.1, 0.15) is 5.75 Å². The highest BCUT2D eigenvalue weighted by Gasteiger charge is 2.31. The van der Waals surface area contributed by atoms with E-state index in [-0.39, 0.29) is 11.4 Å². The van der Waals surface area contributed by atoms with E-state index in [0.717, 1.165) is 25.0 Å². The molecule has 4 nitrogen and oxygen atoms in total. The molecule has 116 valence electrons. The summed E-state index contributed by atoms with van der Waals surface area (Å²) in [6.07, 6.45) is -2.64. The lowest BCUT2D eigenvalue weighted by molar-refractivity contribution is -0.137. The molecule has 7 heteroatoms. The van der Waals surface area contributed by atoms with Crippen molar-refractivity contribution in [1.82, 2.24) is 4.90 Å². The van der Waals surface area contributed by atoms with Crippen LogP contribution in [0.25, 0.3) is 0 Å². The number of rotatable bonds is 3. The van der Waals surface area contributed by atoms with Gasteiger partial charge in [0.25, 0.3) is 0 Å². The van der Waals surface area contributed by atoms with Crippen LogP contribution in [0.4, 0.5) is 23.7 Å². The largest absolute Gasteiger partial charge is 0.492 e. The Morgan fingerprint density at radius 3 is 2.57 bits per heavy atom. The Bertz CT molecular complexity index is 511. The number of ether oxygens (including phenoxy) is 1. The number of carbonyl (C=O) groups is 1. The molecule has 0 radical (unpaired) electrons. The van der Waals surface area contributed by atoms with Crippen molar-refractivity contribution >= 4 is 11.7 Å². The summed E-state index contributed by atoms with van der Waals surface area (Å²) in [7, 11) is 0. The van der Waals surface area contributed by atoms with Crippen LogP contribution in [0.3, 0.4) is 0 Å². The van der Waals surface area contributed by atoms with Crippen molar-refractivity contribution in [2.45, 2.75) is 25.9 Å². The van der Waals surface area contributed by atoms with Crippen molar-refractivity contribution in [3.63, 3.8) is 0 Å². The Kier molecular flexibility index (Phi) is 4.59. The minimum absolute atomic E-state index is 0.0450. The molecule has 21 heavy (non-hydrogen) atoms. The van der Waals surface area contributed by atoms with Crippen LogP contribution >= 0.6 is 0 Å². The Hall–Kier alpha value is -1.92. The molecule has 1 aliphatic heterocycles. The van der Waals surface area contributed by atoms with Crippen LogP contribution in [-0.4, -0.2) is 30.6 Å². The molecule has 0 unspecified atom stereocenters. The molecule has 0 aromatic heterocycles. The number of alkyl halides is 3. The average Bonchev–Trinajstić information content (AvgIpc) is 2.93. The minimum atomic E-state index is -4.46. The third-order valence-electron chi connectivity index (χ3n) is 3.24. The van der Waals surface area contributed by atoms with Gasteiger partial charge in [-0.1, -0.05) is 0 Å². The highest BCUT2D eigenvalue weighted by Crippen LogP contribution is 2.35. The molecule has 2 amide bonds. The van der Waals surface area contributed by atoms with E-state index in [2.05, 4.69) is 5.32 Å². The van der Waals surface area contributed by atoms with E-state index in [1.807, 2.05) is 0 Å². The van der Waals surface area contributed by atoms with Gasteiger partial charge in [-0.15, -0.1) is 0 Å². The first kappa shape index (κ1) is 15.5. The number of likely N-dealkylation sites (tertiary alicyclic amines) is 1. The second kappa shape index (κ2) is 6.24. The van der Waals surface area contributed by atoms with Crippen molar-refractivity contribution in [3.8, 4) is 5.75 Å². The Balaban J connectivity index is 2.23. The number of amides is 2. The zero-order chi connectivity index (χ0) is 15.5. The number of nitrogens with one attached hydrogen (secondary N) is 1. The molecule has 1 aromatic carbocycles. The van der Waals surface area contributed by atoms with E-state index in [4.69, 9.17) is 4.74 Å². The number of nitrogens with zero attached hydrogens (tertiary/aromatic N) is 1. The van der Waals surface area contributed by atoms with Gasteiger partial charge in [-0.25, -0.2) is 4.79 Å². The molecule has 1 aromatic rings. The molecule has 1 aliphatic rings. The molecule has 1 heterocycles. The first-order valence-corrected chi connectivity index (χ1v) is 6.82. The van der Waals surface area contributed by atoms with E-state index in [1.165, 1.54) is 6.07 Å². The van der Waals surface area contributed by atoms with Crippen LogP contribution < -0.4 is 10.1 Å². The average molecular weight is 302 g/mol. The summed E-state index contributed by atoms with van der Waals surface area (Å²) in [5.41, 5.74) is -0.772. The number of carbonyl (C=O) groups excluding carboxylic acids is 1. The molecular weight excluding hydrogens is 285 g/mol.